The standard InChI is InChI=1S/C5H10N2S/c1-7(2)5-6-3-4-8-5/h3-4H2,1-2H3. The van der Waals surface area contributed by atoms with E-state index in [0.717, 1.165) is 12.3 Å². The molecule has 1 heterocycles. The van der Waals surface area contributed by atoms with Gasteiger partial charge in [0.05, 0.1) is 6.54 Å². The van der Waals surface area contributed by atoms with Crippen molar-refractivity contribution in [1.82, 2.24) is 4.90 Å². The van der Waals surface area contributed by atoms with Crippen molar-refractivity contribution in [2.45, 2.75) is 0 Å². The number of thioether (sulfide) groups is 1. The molecule has 46 valence electrons. The Morgan fingerprint density at radius 2 is 2.38 bits per heavy atom. The summed E-state index contributed by atoms with van der Waals surface area (Å²) in [6, 6.07) is 0. The lowest BCUT2D eigenvalue weighted by molar-refractivity contribution is 0.635. The van der Waals surface area contributed by atoms with E-state index in [1.165, 1.54) is 5.17 Å². The first-order valence-corrected chi connectivity index (χ1v) is 3.64. The minimum absolute atomic E-state index is 0.998. The molecule has 0 saturated carbocycles. The lowest BCUT2D eigenvalue weighted by atomic mass is 10.8. The van der Waals surface area contributed by atoms with Crippen molar-refractivity contribution < 1.29 is 0 Å². The van der Waals surface area contributed by atoms with Crippen molar-refractivity contribution in [1.29, 1.82) is 0 Å². The van der Waals surface area contributed by atoms with Gasteiger partial charge >= 0.3 is 0 Å². The first kappa shape index (κ1) is 5.95. The third kappa shape index (κ3) is 1.15. The highest BCUT2D eigenvalue weighted by Gasteiger charge is 2.06. The summed E-state index contributed by atoms with van der Waals surface area (Å²) in [7, 11) is 4.05. The van der Waals surface area contributed by atoms with Gasteiger partial charge in [-0.3, -0.25) is 4.99 Å². The van der Waals surface area contributed by atoms with Crippen molar-refractivity contribution in [3.8, 4) is 0 Å². The Morgan fingerprint density at radius 1 is 1.62 bits per heavy atom. The van der Waals surface area contributed by atoms with Crippen molar-refractivity contribution >= 4 is 16.9 Å². The van der Waals surface area contributed by atoms with Crippen molar-refractivity contribution in [3.63, 3.8) is 0 Å². The average molecular weight is 130 g/mol. The van der Waals surface area contributed by atoms with Crippen molar-refractivity contribution in [3.05, 3.63) is 0 Å². The molecule has 1 aliphatic rings. The smallest absolute Gasteiger partial charge is 0.158 e. The molecule has 1 rings (SSSR count). The van der Waals surface area contributed by atoms with Crippen LogP contribution in [0.25, 0.3) is 0 Å². The number of rotatable bonds is 0. The molecule has 0 amide bonds. The second-order valence-electron chi connectivity index (χ2n) is 1.91. The Labute approximate surface area is 54.0 Å². The molecule has 0 atom stereocenters. The molecule has 0 spiro atoms. The summed E-state index contributed by atoms with van der Waals surface area (Å²) < 4.78 is 0. The van der Waals surface area contributed by atoms with E-state index >= 15 is 0 Å². The second-order valence-corrected chi connectivity index (χ2v) is 2.97. The quantitative estimate of drug-likeness (QED) is 0.478. The summed E-state index contributed by atoms with van der Waals surface area (Å²) in [5.74, 6) is 1.16. The van der Waals surface area contributed by atoms with E-state index in [1.54, 1.807) is 0 Å². The number of nitrogens with zero attached hydrogens (tertiary/aromatic N) is 2. The van der Waals surface area contributed by atoms with Crippen LogP contribution >= 0.6 is 11.8 Å². The molecule has 0 fully saturated rings. The van der Waals surface area contributed by atoms with Gasteiger partial charge in [-0.15, -0.1) is 0 Å². The molecule has 8 heavy (non-hydrogen) atoms. The summed E-state index contributed by atoms with van der Waals surface area (Å²) in [6.45, 7) is 0.998. The zero-order valence-corrected chi connectivity index (χ0v) is 6.03. The molecule has 0 aromatic rings. The molecule has 0 N–H and O–H groups in total. The van der Waals surface area contributed by atoms with Crippen molar-refractivity contribution in [2.24, 2.45) is 4.99 Å². The maximum Gasteiger partial charge on any atom is 0.158 e. The fourth-order valence-corrected chi connectivity index (χ4v) is 1.40. The number of aliphatic imine (C=N–C) groups is 1. The van der Waals surface area contributed by atoms with E-state index in [9.17, 15) is 0 Å². The first-order chi connectivity index (χ1) is 3.80. The summed E-state index contributed by atoms with van der Waals surface area (Å²) in [4.78, 5) is 6.29. The topological polar surface area (TPSA) is 15.6 Å². The third-order valence-electron chi connectivity index (χ3n) is 0.952. The molecule has 0 saturated heterocycles. The van der Waals surface area contributed by atoms with E-state index in [1.807, 2.05) is 25.9 Å². The SMILES string of the molecule is CN(C)C1=NCCS1. The van der Waals surface area contributed by atoms with Crippen LogP contribution in [0.5, 0.6) is 0 Å². The van der Waals surface area contributed by atoms with Gasteiger partial charge in [0.1, 0.15) is 0 Å². The van der Waals surface area contributed by atoms with Gasteiger partial charge in [-0.25, -0.2) is 0 Å². The summed E-state index contributed by atoms with van der Waals surface area (Å²) in [5.41, 5.74) is 0. The van der Waals surface area contributed by atoms with Gasteiger partial charge in [0, 0.05) is 19.8 Å². The monoisotopic (exact) mass is 130 g/mol. The highest BCUT2D eigenvalue weighted by molar-refractivity contribution is 8.14. The first-order valence-electron chi connectivity index (χ1n) is 2.65. The summed E-state index contributed by atoms with van der Waals surface area (Å²) >= 11 is 1.83. The Morgan fingerprint density at radius 3 is 2.62 bits per heavy atom. The predicted molar refractivity (Wildman–Crippen MR) is 38.4 cm³/mol. The largest absolute Gasteiger partial charge is 0.358 e. The molecular weight excluding hydrogens is 120 g/mol. The third-order valence-corrected chi connectivity index (χ3v) is 2.09. The molecule has 2 nitrogen and oxygen atoms in total. The Kier molecular flexibility index (Phi) is 1.78. The predicted octanol–water partition coefficient (Wildman–Crippen LogP) is 0.651. The van der Waals surface area contributed by atoms with Crippen LogP contribution in [0.4, 0.5) is 0 Å². The normalized spacial score (nSPS) is 18.5. The minimum Gasteiger partial charge on any atom is -0.358 e. The van der Waals surface area contributed by atoms with Gasteiger partial charge in [-0.1, -0.05) is 11.8 Å². The van der Waals surface area contributed by atoms with Crippen LogP contribution in [0.15, 0.2) is 4.99 Å². The van der Waals surface area contributed by atoms with E-state index in [2.05, 4.69) is 9.89 Å². The Balaban J connectivity index is 2.45. The zero-order chi connectivity index (χ0) is 5.98. The van der Waals surface area contributed by atoms with Gasteiger partial charge in [0.15, 0.2) is 5.17 Å². The number of hydrogen-bond donors (Lipinski definition) is 0. The Hall–Kier alpha value is -0.180. The fourth-order valence-electron chi connectivity index (χ4n) is 0.594. The van der Waals surface area contributed by atoms with Crippen LogP contribution in [0.3, 0.4) is 0 Å². The fraction of sp³-hybridized carbons (Fsp3) is 0.800. The lowest BCUT2D eigenvalue weighted by Crippen LogP contribution is -2.16. The van der Waals surface area contributed by atoms with E-state index < -0.39 is 0 Å². The average Bonchev–Trinajstić information content (AvgIpc) is 2.12. The van der Waals surface area contributed by atoms with E-state index in [4.69, 9.17) is 0 Å². The van der Waals surface area contributed by atoms with Gasteiger partial charge < -0.3 is 4.90 Å². The van der Waals surface area contributed by atoms with Crippen LogP contribution < -0.4 is 0 Å². The molecule has 0 aromatic heterocycles. The molecule has 1 aliphatic heterocycles. The molecule has 0 aliphatic carbocycles. The highest BCUT2D eigenvalue weighted by Crippen LogP contribution is 2.11. The van der Waals surface area contributed by atoms with Crippen LogP contribution in [-0.4, -0.2) is 36.5 Å². The lowest BCUT2D eigenvalue weighted by Gasteiger charge is -2.08. The van der Waals surface area contributed by atoms with Gasteiger partial charge in [-0.2, -0.15) is 0 Å². The van der Waals surface area contributed by atoms with Crippen molar-refractivity contribution in [2.75, 3.05) is 26.4 Å². The van der Waals surface area contributed by atoms with Crippen LogP contribution in [0, 0.1) is 0 Å². The zero-order valence-electron chi connectivity index (χ0n) is 5.22. The molecule has 0 aromatic carbocycles. The molecular formula is C5H10N2S. The van der Waals surface area contributed by atoms with Gasteiger partial charge in [0.25, 0.3) is 0 Å². The molecule has 0 unspecified atom stereocenters. The maximum atomic E-state index is 4.24. The highest BCUT2D eigenvalue weighted by atomic mass is 32.2. The summed E-state index contributed by atoms with van der Waals surface area (Å²) in [5, 5.41) is 1.17. The molecule has 0 radical (unpaired) electrons. The van der Waals surface area contributed by atoms with Gasteiger partial charge in [0.2, 0.25) is 0 Å². The molecule has 3 heteroatoms. The molecule has 0 bridgehead atoms. The van der Waals surface area contributed by atoms with E-state index in [0.29, 0.717) is 0 Å². The van der Waals surface area contributed by atoms with Crippen LogP contribution in [-0.2, 0) is 0 Å². The van der Waals surface area contributed by atoms with Crippen LogP contribution in [0.2, 0.25) is 0 Å². The van der Waals surface area contributed by atoms with Gasteiger partial charge in [-0.05, 0) is 0 Å². The second kappa shape index (κ2) is 2.40. The number of hydrogen-bond acceptors (Lipinski definition) is 3. The summed E-state index contributed by atoms with van der Waals surface area (Å²) in [6.07, 6.45) is 0. The maximum absolute atomic E-state index is 4.24. The van der Waals surface area contributed by atoms with Crippen LogP contribution in [0.1, 0.15) is 0 Å². The van der Waals surface area contributed by atoms with E-state index in [-0.39, 0.29) is 0 Å². The number of amidine groups is 1. The Bertz CT molecular complexity index is 109. The minimum atomic E-state index is 0.998.